The molecule has 4 aromatic rings. The van der Waals surface area contributed by atoms with E-state index in [0.717, 1.165) is 83.6 Å². The second-order valence-electron chi connectivity index (χ2n) is 11.4. The number of nitrogens with one attached hydrogen (secondary N) is 3. The van der Waals surface area contributed by atoms with Crippen molar-refractivity contribution in [2.24, 2.45) is 5.73 Å². The first-order valence-electron chi connectivity index (χ1n) is 16.2. The highest BCUT2D eigenvalue weighted by Gasteiger charge is 2.15. The minimum absolute atomic E-state index is 0.0663. The maximum atomic E-state index is 11.9. The van der Waals surface area contributed by atoms with Crippen molar-refractivity contribution < 1.29 is 14.3 Å². The number of benzene rings is 3. The molecule has 5 N–H and O–H groups in total. The van der Waals surface area contributed by atoms with Gasteiger partial charge in [-0.2, -0.15) is 0 Å². The van der Waals surface area contributed by atoms with Gasteiger partial charge in [-0.1, -0.05) is 86.5 Å². The highest BCUT2D eigenvalue weighted by atomic mass is 16.5. The molecule has 0 aliphatic carbocycles. The number of hydrogen-bond donors (Lipinski definition) is 4. The molecule has 0 spiro atoms. The summed E-state index contributed by atoms with van der Waals surface area (Å²) in [5.74, 6) is 0.787. The van der Waals surface area contributed by atoms with Crippen LogP contribution in [-0.4, -0.2) is 29.9 Å². The molecule has 0 radical (unpaired) electrons. The van der Waals surface area contributed by atoms with E-state index in [-0.39, 0.29) is 11.8 Å². The second kappa shape index (κ2) is 18.3. The molecule has 0 bridgehead atoms. The number of amidine groups is 1. The van der Waals surface area contributed by atoms with Crippen LogP contribution in [-0.2, 0) is 29.2 Å². The van der Waals surface area contributed by atoms with Crippen LogP contribution in [0.2, 0.25) is 0 Å². The number of nitrogens with two attached hydrogens (primary N) is 1. The number of unbranched alkanes of at least 4 members (excludes halogenated alkanes) is 3. The van der Waals surface area contributed by atoms with E-state index in [2.05, 4.69) is 58.9 Å². The molecule has 46 heavy (non-hydrogen) atoms. The summed E-state index contributed by atoms with van der Waals surface area (Å²) in [6, 6.07) is 26.2. The van der Waals surface area contributed by atoms with Crippen LogP contribution in [0.5, 0.6) is 5.75 Å². The lowest BCUT2D eigenvalue weighted by Crippen LogP contribution is -2.19. The van der Waals surface area contributed by atoms with Crippen LogP contribution in [0.3, 0.4) is 0 Å². The SMILES string of the molecule is CCCCOC(=O)CCCCCNCc1c(CNc2ccc(-c3ccc(C(=N)N)cc3)cc2)cnc(C)c1OCc1ccccc1. The number of pyridine rings is 1. The number of ether oxygens (including phenoxy) is 2. The van der Waals surface area contributed by atoms with Crippen molar-refractivity contribution in [2.45, 2.75) is 72.1 Å². The Bertz CT molecular complexity index is 1520. The van der Waals surface area contributed by atoms with Gasteiger partial charge in [-0.25, -0.2) is 0 Å². The lowest BCUT2D eigenvalue weighted by molar-refractivity contribution is -0.143. The molecular weight excluding hydrogens is 574 g/mol. The summed E-state index contributed by atoms with van der Waals surface area (Å²) >= 11 is 0. The molecule has 1 aromatic heterocycles. The van der Waals surface area contributed by atoms with Crippen LogP contribution in [0.1, 0.15) is 73.4 Å². The Kier molecular flexibility index (Phi) is 13.6. The van der Waals surface area contributed by atoms with Gasteiger partial charge in [0.05, 0.1) is 12.3 Å². The fourth-order valence-corrected chi connectivity index (χ4v) is 5.07. The smallest absolute Gasteiger partial charge is 0.305 e. The third-order valence-corrected chi connectivity index (χ3v) is 7.82. The molecule has 0 saturated carbocycles. The average Bonchev–Trinajstić information content (AvgIpc) is 3.08. The Hall–Kier alpha value is -4.69. The molecule has 0 unspecified atom stereocenters. The van der Waals surface area contributed by atoms with Crippen molar-refractivity contribution in [1.82, 2.24) is 10.3 Å². The molecule has 0 fully saturated rings. The van der Waals surface area contributed by atoms with Gasteiger partial charge in [-0.05, 0) is 67.1 Å². The number of carbonyl (C=O) groups excluding carboxylic acids is 1. The Balaban J connectivity index is 1.37. The Morgan fingerprint density at radius 1 is 0.891 bits per heavy atom. The molecular formula is C38H47N5O3. The molecule has 0 aliphatic rings. The molecule has 1 heterocycles. The van der Waals surface area contributed by atoms with Crippen LogP contribution in [0.4, 0.5) is 5.69 Å². The molecule has 0 atom stereocenters. The van der Waals surface area contributed by atoms with E-state index in [1.54, 1.807) is 0 Å². The third kappa shape index (κ3) is 10.7. The number of aryl methyl sites for hydroxylation is 1. The number of nitrogen functional groups attached to an aromatic ring is 1. The predicted octanol–water partition coefficient (Wildman–Crippen LogP) is 7.53. The number of rotatable bonds is 19. The normalized spacial score (nSPS) is 10.8. The molecule has 3 aromatic carbocycles. The van der Waals surface area contributed by atoms with Gasteiger partial charge in [0, 0.05) is 42.5 Å². The highest BCUT2D eigenvalue weighted by Crippen LogP contribution is 2.28. The van der Waals surface area contributed by atoms with Crippen LogP contribution in [0.15, 0.2) is 85.1 Å². The van der Waals surface area contributed by atoms with E-state index in [1.807, 2.05) is 55.6 Å². The Labute approximate surface area is 273 Å². The predicted molar refractivity (Wildman–Crippen MR) is 186 cm³/mol. The van der Waals surface area contributed by atoms with Gasteiger partial charge in [0.2, 0.25) is 0 Å². The van der Waals surface area contributed by atoms with E-state index in [9.17, 15) is 4.79 Å². The van der Waals surface area contributed by atoms with E-state index in [0.29, 0.717) is 38.3 Å². The summed E-state index contributed by atoms with van der Waals surface area (Å²) in [7, 11) is 0. The summed E-state index contributed by atoms with van der Waals surface area (Å²) in [4.78, 5) is 16.6. The zero-order valence-electron chi connectivity index (χ0n) is 27.1. The maximum absolute atomic E-state index is 11.9. The summed E-state index contributed by atoms with van der Waals surface area (Å²) in [6.07, 6.45) is 7.14. The highest BCUT2D eigenvalue weighted by molar-refractivity contribution is 5.95. The van der Waals surface area contributed by atoms with Crippen molar-refractivity contribution in [3.63, 3.8) is 0 Å². The number of anilines is 1. The first-order valence-corrected chi connectivity index (χ1v) is 16.2. The largest absolute Gasteiger partial charge is 0.487 e. The molecule has 8 nitrogen and oxygen atoms in total. The van der Waals surface area contributed by atoms with E-state index in [4.69, 9.17) is 20.6 Å². The Morgan fingerprint density at radius 2 is 1.61 bits per heavy atom. The quantitative estimate of drug-likeness (QED) is 0.0370. The lowest BCUT2D eigenvalue weighted by atomic mass is 10.0. The summed E-state index contributed by atoms with van der Waals surface area (Å²) in [5, 5.41) is 14.8. The first kappa shape index (κ1) is 34.2. The zero-order valence-corrected chi connectivity index (χ0v) is 27.1. The molecule has 8 heteroatoms. The van der Waals surface area contributed by atoms with Gasteiger partial charge in [0.1, 0.15) is 18.2 Å². The number of nitrogens with zero attached hydrogens (tertiary/aromatic N) is 1. The van der Waals surface area contributed by atoms with Crippen LogP contribution in [0, 0.1) is 12.3 Å². The van der Waals surface area contributed by atoms with Gasteiger partial charge < -0.3 is 25.8 Å². The van der Waals surface area contributed by atoms with Gasteiger partial charge in [0.25, 0.3) is 0 Å². The lowest BCUT2D eigenvalue weighted by Gasteiger charge is -2.19. The minimum atomic E-state index is -0.0935. The fraction of sp³-hybridized carbons (Fsp3) is 0.342. The molecule has 4 rings (SSSR count). The van der Waals surface area contributed by atoms with Crippen LogP contribution in [0.25, 0.3) is 11.1 Å². The first-order chi connectivity index (χ1) is 22.4. The monoisotopic (exact) mass is 621 g/mol. The van der Waals surface area contributed by atoms with Crippen molar-refractivity contribution in [2.75, 3.05) is 18.5 Å². The molecule has 0 aliphatic heterocycles. The van der Waals surface area contributed by atoms with Crippen molar-refractivity contribution in [3.05, 3.63) is 113 Å². The Morgan fingerprint density at radius 3 is 2.30 bits per heavy atom. The van der Waals surface area contributed by atoms with Crippen molar-refractivity contribution in [1.29, 1.82) is 5.41 Å². The maximum Gasteiger partial charge on any atom is 0.305 e. The van der Waals surface area contributed by atoms with Gasteiger partial charge >= 0.3 is 5.97 Å². The molecule has 0 saturated heterocycles. The van der Waals surface area contributed by atoms with Gasteiger partial charge in [-0.3, -0.25) is 15.2 Å². The zero-order chi connectivity index (χ0) is 32.6. The number of aromatic nitrogens is 1. The topological polar surface area (TPSA) is 122 Å². The fourth-order valence-electron chi connectivity index (χ4n) is 5.07. The molecule has 242 valence electrons. The number of esters is 1. The van der Waals surface area contributed by atoms with E-state index in [1.165, 1.54) is 0 Å². The summed E-state index contributed by atoms with van der Waals surface area (Å²) in [6.45, 7) is 7.16. The minimum Gasteiger partial charge on any atom is -0.487 e. The standard InChI is InChI=1S/C38H47N5O3/c1-3-4-23-45-36(44)13-9-6-10-22-41-26-35-33(24-42-28(2)37(35)46-27-29-11-7-5-8-12-29)25-43-34-20-18-31(19-21-34)30-14-16-32(17-15-30)38(39)40/h5,7-8,11-12,14-21,24,41,43H,3-4,6,9-10,13,22-23,25-27H2,1-2H3,(H3,39,40). The van der Waals surface area contributed by atoms with Crippen molar-refractivity contribution >= 4 is 17.5 Å². The number of hydrogen-bond acceptors (Lipinski definition) is 7. The third-order valence-electron chi connectivity index (χ3n) is 7.82. The van der Waals surface area contributed by atoms with Crippen molar-refractivity contribution in [3.8, 4) is 16.9 Å². The van der Waals surface area contributed by atoms with E-state index >= 15 is 0 Å². The number of carbonyl (C=O) groups is 1. The van der Waals surface area contributed by atoms with Gasteiger partial charge in [-0.15, -0.1) is 0 Å². The van der Waals surface area contributed by atoms with Gasteiger partial charge in [0.15, 0.2) is 0 Å². The summed E-state index contributed by atoms with van der Waals surface area (Å²) < 4.78 is 11.7. The van der Waals surface area contributed by atoms with Crippen LogP contribution < -0.4 is 21.1 Å². The second-order valence-corrected chi connectivity index (χ2v) is 11.4. The van der Waals surface area contributed by atoms with Crippen LogP contribution >= 0.6 is 0 Å². The summed E-state index contributed by atoms with van der Waals surface area (Å²) in [5.41, 5.74) is 13.6. The molecule has 0 amide bonds. The average molecular weight is 622 g/mol. The van der Waals surface area contributed by atoms with E-state index < -0.39 is 0 Å².